The van der Waals surface area contributed by atoms with Gasteiger partial charge in [-0.1, -0.05) is 34.1 Å². The molecule has 0 fully saturated rings. The van der Waals surface area contributed by atoms with Gasteiger partial charge in [0, 0.05) is 0 Å². The Morgan fingerprint density at radius 1 is 1.08 bits per heavy atom. The van der Waals surface area contributed by atoms with Gasteiger partial charge in [-0.05, 0) is 40.7 Å². The van der Waals surface area contributed by atoms with Crippen molar-refractivity contribution >= 4 is 0 Å². The maximum atomic E-state index is 2.93. The van der Waals surface area contributed by atoms with Crippen LogP contribution in [0.2, 0.25) is 0 Å². The van der Waals surface area contributed by atoms with Gasteiger partial charge in [0.1, 0.15) is 0 Å². The largest absolute Gasteiger partial charge is 0.320 e. The van der Waals surface area contributed by atoms with Gasteiger partial charge < -0.3 is 10.2 Å². The van der Waals surface area contributed by atoms with E-state index in [-0.39, 0.29) is 0 Å². The fraction of sp³-hybridized carbons (Fsp3) is 1.00. The maximum Gasteiger partial charge on any atom is -0.00249 e. The van der Waals surface area contributed by atoms with Crippen LogP contribution in [0.5, 0.6) is 0 Å². The minimum absolute atomic E-state index is 1.07. The molecule has 0 radical (unpaired) electrons. The quantitative estimate of drug-likeness (QED) is 0.733. The predicted octanol–water partition coefficient (Wildman–Crippen LogP) is 2.60. The predicted molar refractivity (Wildman–Crippen MR) is 64.4 cm³/mol. The average Bonchev–Trinajstić information content (AvgIpc) is 2.18. The van der Waals surface area contributed by atoms with Gasteiger partial charge in [0.05, 0.1) is 0 Å². The van der Waals surface area contributed by atoms with E-state index in [0.29, 0.717) is 0 Å². The highest BCUT2D eigenvalue weighted by Crippen LogP contribution is 1.86. The van der Waals surface area contributed by atoms with Crippen LogP contribution in [0.1, 0.15) is 40.5 Å². The Morgan fingerprint density at radius 2 is 1.46 bits per heavy atom. The average molecular weight is 190 g/mol. The summed E-state index contributed by atoms with van der Waals surface area (Å²) >= 11 is 0. The Labute approximate surface area is 85.7 Å². The van der Waals surface area contributed by atoms with Crippen molar-refractivity contribution < 1.29 is 0 Å². The molecular weight excluding hydrogens is 160 g/mol. The third kappa shape index (κ3) is 48.5. The van der Waals surface area contributed by atoms with E-state index in [1.54, 1.807) is 0 Å². The van der Waals surface area contributed by atoms with Crippen LogP contribution in [0.4, 0.5) is 0 Å². The van der Waals surface area contributed by atoms with Gasteiger partial charge in [-0.2, -0.15) is 0 Å². The maximum absolute atomic E-state index is 2.93. The summed E-state index contributed by atoms with van der Waals surface area (Å²) in [6.07, 6.45) is 2.63. The first-order valence-corrected chi connectivity index (χ1v) is 5.48. The van der Waals surface area contributed by atoms with Gasteiger partial charge >= 0.3 is 0 Å². The molecule has 0 aromatic rings. The lowest BCUT2D eigenvalue weighted by atomic mass is 10.3. The van der Waals surface area contributed by atoms with Gasteiger partial charge in [0.2, 0.25) is 0 Å². The standard InChI is InChI=1S/C6H15N.C3H9N.C2H6/c1-4-5-6-7(2)3;1-3-4-2;1-2/h4-6H2,1-3H3;4H,3H2,1-2H3;1-2H3. The third-order valence-electron chi connectivity index (χ3n) is 1.31. The molecule has 1 N–H and O–H groups in total. The van der Waals surface area contributed by atoms with Crippen molar-refractivity contribution in [2.75, 3.05) is 34.2 Å². The SMILES string of the molecule is CC.CCCCN(C)C.CCNC. The van der Waals surface area contributed by atoms with E-state index >= 15 is 0 Å². The first-order chi connectivity index (χ1) is 6.18. The van der Waals surface area contributed by atoms with E-state index in [0.717, 1.165) is 6.54 Å². The first-order valence-electron chi connectivity index (χ1n) is 5.48. The molecule has 0 heterocycles. The van der Waals surface area contributed by atoms with E-state index in [1.165, 1.54) is 19.4 Å². The molecular formula is C11H30N2. The van der Waals surface area contributed by atoms with Crippen LogP contribution < -0.4 is 5.32 Å². The lowest BCUT2D eigenvalue weighted by molar-refractivity contribution is 0.398. The number of hydrogen-bond acceptors (Lipinski definition) is 2. The van der Waals surface area contributed by atoms with Gasteiger partial charge in [-0.3, -0.25) is 0 Å². The van der Waals surface area contributed by atoms with Gasteiger partial charge in [-0.25, -0.2) is 0 Å². The second-order valence-corrected chi connectivity index (χ2v) is 2.86. The van der Waals surface area contributed by atoms with E-state index in [2.05, 4.69) is 38.2 Å². The van der Waals surface area contributed by atoms with Crippen LogP contribution in [0.25, 0.3) is 0 Å². The molecule has 0 aromatic heterocycles. The second kappa shape index (κ2) is 22.7. The Hall–Kier alpha value is -0.0800. The second-order valence-electron chi connectivity index (χ2n) is 2.86. The zero-order chi connectivity index (χ0) is 11.1. The summed E-state index contributed by atoms with van der Waals surface area (Å²) in [4.78, 5) is 2.21. The molecule has 0 amide bonds. The molecule has 0 unspecified atom stereocenters. The zero-order valence-corrected chi connectivity index (χ0v) is 10.8. The summed E-state index contributed by atoms with van der Waals surface area (Å²) in [6, 6.07) is 0. The molecule has 0 rings (SSSR count). The van der Waals surface area contributed by atoms with Crippen LogP contribution >= 0.6 is 0 Å². The third-order valence-corrected chi connectivity index (χ3v) is 1.31. The van der Waals surface area contributed by atoms with Crippen molar-refractivity contribution in [3.8, 4) is 0 Å². The molecule has 84 valence electrons. The van der Waals surface area contributed by atoms with E-state index in [4.69, 9.17) is 0 Å². The Bertz CT molecular complexity index is 52.1. The lowest BCUT2D eigenvalue weighted by Crippen LogP contribution is -2.12. The molecule has 0 saturated heterocycles. The van der Waals surface area contributed by atoms with Crippen molar-refractivity contribution in [3.63, 3.8) is 0 Å². The summed E-state index contributed by atoms with van der Waals surface area (Å²) in [5.41, 5.74) is 0. The fourth-order valence-corrected chi connectivity index (χ4v) is 0.474. The minimum atomic E-state index is 1.07. The Morgan fingerprint density at radius 3 is 1.54 bits per heavy atom. The highest BCUT2D eigenvalue weighted by molar-refractivity contribution is 4.39. The molecule has 13 heavy (non-hydrogen) atoms. The van der Waals surface area contributed by atoms with Crippen molar-refractivity contribution in [1.29, 1.82) is 0 Å². The van der Waals surface area contributed by atoms with E-state index < -0.39 is 0 Å². The van der Waals surface area contributed by atoms with Crippen molar-refractivity contribution in [1.82, 2.24) is 10.2 Å². The summed E-state index contributed by atoms with van der Waals surface area (Å²) < 4.78 is 0. The summed E-state index contributed by atoms with van der Waals surface area (Å²) in [5, 5.41) is 2.93. The zero-order valence-electron chi connectivity index (χ0n) is 10.8. The number of unbranched alkanes of at least 4 members (excludes halogenated alkanes) is 1. The topological polar surface area (TPSA) is 15.3 Å². The Balaban J connectivity index is -0.000000142. The van der Waals surface area contributed by atoms with E-state index in [1.807, 2.05) is 20.9 Å². The Kier molecular flexibility index (Phi) is 32.5. The molecule has 0 aliphatic rings. The highest BCUT2D eigenvalue weighted by atomic mass is 15.0. The molecule has 0 aromatic carbocycles. The first kappa shape index (κ1) is 18.7. The van der Waals surface area contributed by atoms with Crippen LogP contribution in [0.15, 0.2) is 0 Å². The molecule has 0 atom stereocenters. The molecule has 0 aliphatic carbocycles. The number of hydrogen-bond donors (Lipinski definition) is 1. The smallest absolute Gasteiger partial charge is 0.00249 e. The van der Waals surface area contributed by atoms with Crippen molar-refractivity contribution in [3.05, 3.63) is 0 Å². The molecule has 0 saturated carbocycles. The van der Waals surface area contributed by atoms with Gasteiger partial charge in [-0.15, -0.1) is 0 Å². The molecule has 2 heteroatoms. The summed E-state index contributed by atoms with van der Waals surface area (Å²) in [5.74, 6) is 0. The van der Waals surface area contributed by atoms with Crippen molar-refractivity contribution in [2.24, 2.45) is 0 Å². The van der Waals surface area contributed by atoms with Crippen LogP contribution in [-0.2, 0) is 0 Å². The minimum Gasteiger partial charge on any atom is -0.320 e. The summed E-state index contributed by atoms with van der Waals surface area (Å²) in [6.45, 7) is 10.6. The number of nitrogens with zero attached hydrogens (tertiary/aromatic N) is 1. The molecule has 2 nitrogen and oxygen atoms in total. The fourth-order valence-electron chi connectivity index (χ4n) is 0.474. The molecule has 0 bridgehead atoms. The monoisotopic (exact) mass is 190 g/mol. The van der Waals surface area contributed by atoms with Crippen molar-refractivity contribution in [2.45, 2.75) is 40.5 Å². The lowest BCUT2D eigenvalue weighted by Gasteiger charge is -2.05. The normalized spacial score (nSPS) is 8.31. The van der Waals surface area contributed by atoms with Crippen LogP contribution in [-0.4, -0.2) is 39.1 Å². The van der Waals surface area contributed by atoms with E-state index in [9.17, 15) is 0 Å². The molecule has 0 aliphatic heterocycles. The van der Waals surface area contributed by atoms with Gasteiger partial charge in [0.25, 0.3) is 0 Å². The van der Waals surface area contributed by atoms with Gasteiger partial charge in [0.15, 0.2) is 0 Å². The van der Waals surface area contributed by atoms with Crippen LogP contribution in [0, 0.1) is 0 Å². The number of nitrogens with one attached hydrogen (secondary N) is 1. The number of rotatable bonds is 4. The molecule has 0 spiro atoms. The highest BCUT2D eigenvalue weighted by Gasteiger charge is 1.83. The van der Waals surface area contributed by atoms with Crippen LogP contribution in [0.3, 0.4) is 0 Å². The summed E-state index contributed by atoms with van der Waals surface area (Å²) in [7, 11) is 6.14.